The van der Waals surface area contributed by atoms with Crippen LogP contribution < -0.4 is 10.6 Å². The monoisotopic (exact) mass is 343 g/mol. The molecular weight excluding hydrogens is 326 g/mol. The fraction of sp³-hybridized carbons (Fsp3) is 0.100. The van der Waals surface area contributed by atoms with Crippen LogP contribution in [0.2, 0.25) is 0 Å². The van der Waals surface area contributed by atoms with E-state index in [1.807, 2.05) is 31.2 Å². The van der Waals surface area contributed by atoms with Crippen molar-refractivity contribution < 1.29 is 4.79 Å². The first-order chi connectivity index (χ1) is 12.5. The number of aryl methyl sites for hydroxylation is 1. The maximum atomic E-state index is 11.4. The molecule has 1 heterocycles. The largest absolute Gasteiger partial charge is 0.340 e. The van der Waals surface area contributed by atoms with Gasteiger partial charge < -0.3 is 10.6 Å². The number of nitriles is 1. The van der Waals surface area contributed by atoms with E-state index in [1.165, 1.54) is 6.92 Å². The van der Waals surface area contributed by atoms with Gasteiger partial charge in [-0.3, -0.25) is 4.79 Å². The summed E-state index contributed by atoms with van der Waals surface area (Å²) in [4.78, 5) is 20.1. The molecule has 0 aliphatic carbocycles. The molecule has 2 aromatic carbocycles. The van der Waals surface area contributed by atoms with Gasteiger partial charge >= 0.3 is 0 Å². The minimum atomic E-state index is 0.0309. The molecule has 0 saturated heterocycles. The standard InChI is InChI=1S/C20H17N5O/c1-13(26)16-5-9-18(10-6-16)25-20-11-19(22-14(2)23-20)24-17-7-3-15(12-21)4-8-17/h3-11H,1-2H3,(H2,22,23,24,25). The molecule has 128 valence electrons. The average molecular weight is 343 g/mol. The quantitative estimate of drug-likeness (QED) is 0.669. The minimum Gasteiger partial charge on any atom is -0.340 e. The van der Waals surface area contributed by atoms with Crippen LogP contribution in [-0.2, 0) is 0 Å². The van der Waals surface area contributed by atoms with E-state index in [-0.39, 0.29) is 5.78 Å². The predicted octanol–water partition coefficient (Wildman–Crippen LogP) is 4.35. The van der Waals surface area contributed by atoms with Gasteiger partial charge in [-0.25, -0.2) is 9.97 Å². The predicted molar refractivity (Wildman–Crippen MR) is 101 cm³/mol. The summed E-state index contributed by atoms with van der Waals surface area (Å²) in [7, 11) is 0. The molecule has 6 nitrogen and oxygen atoms in total. The Kier molecular flexibility index (Phi) is 4.90. The molecule has 3 aromatic rings. The molecule has 0 spiro atoms. The van der Waals surface area contributed by atoms with Crippen molar-refractivity contribution in [1.29, 1.82) is 5.26 Å². The Balaban J connectivity index is 1.78. The van der Waals surface area contributed by atoms with E-state index in [9.17, 15) is 4.79 Å². The van der Waals surface area contributed by atoms with Crippen molar-refractivity contribution in [2.24, 2.45) is 0 Å². The van der Waals surface area contributed by atoms with Gasteiger partial charge in [-0.2, -0.15) is 5.26 Å². The lowest BCUT2D eigenvalue weighted by Crippen LogP contribution is -2.01. The molecule has 0 bridgehead atoms. The van der Waals surface area contributed by atoms with E-state index in [0.29, 0.717) is 28.6 Å². The Hall–Kier alpha value is -3.72. The van der Waals surface area contributed by atoms with Crippen molar-refractivity contribution >= 4 is 28.8 Å². The van der Waals surface area contributed by atoms with Gasteiger partial charge in [0.05, 0.1) is 11.6 Å². The van der Waals surface area contributed by atoms with Crippen LogP contribution in [0.4, 0.5) is 23.0 Å². The second kappa shape index (κ2) is 7.45. The number of rotatable bonds is 5. The fourth-order valence-corrected chi connectivity index (χ4v) is 2.41. The van der Waals surface area contributed by atoms with Crippen LogP contribution in [-0.4, -0.2) is 15.8 Å². The Labute approximate surface area is 151 Å². The van der Waals surface area contributed by atoms with Gasteiger partial charge in [0.25, 0.3) is 0 Å². The number of hydrogen-bond donors (Lipinski definition) is 2. The first-order valence-electron chi connectivity index (χ1n) is 8.04. The highest BCUT2D eigenvalue weighted by Crippen LogP contribution is 2.21. The molecule has 0 amide bonds. The van der Waals surface area contributed by atoms with Crippen LogP contribution >= 0.6 is 0 Å². The van der Waals surface area contributed by atoms with Gasteiger partial charge in [0, 0.05) is 23.0 Å². The van der Waals surface area contributed by atoms with Gasteiger partial charge in [-0.05, 0) is 62.4 Å². The number of carbonyl (C=O) groups is 1. The third kappa shape index (κ3) is 4.22. The number of hydrogen-bond acceptors (Lipinski definition) is 6. The molecule has 0 radical (unpaired) electrons. The van der Waals surface area contributed by atoms with Crippen molar-refractivity contribution in [1.82, 2.24) is 9.97 Å². The molecule has 2 N–H and O–H groups in total. The number of anilines is 4. The number of benzene rings is 2. The van der Waals surface area contributed by atoms with Crippen LogP contribution in [0.3, 0.4) is 0 Å². The molecule has 1 aromatic heterocycles. The van der Waals surface area contributed by atoms with E-state index >= 15 is 0 Å². The normalized spacial score (nSPS) is 10.0. The second-order valence-corrected chi connectivity index (χ2v) is 5.76. The van der Waals surface area contributed by atoms with Gasteiger partial charge in [0.15, 0.2) is 5.78 Å². The van der Waals surface area contributed by atoms with Crippen molar-refractivity contribution in [3.05, 3.63) is 71.5 Å². The van der Waals surface area contributed by atoms with Crippen molar-refractivity contribution in [2.45, 2.75) is 13.8 Å². The molecule has 0 unspecified atom stereocenters. The highest BCUT2D eigenvalue weighted by Gasteiger charge is 2.05. The molecule has 0 atom stereocenters. The topological polar surface area (TPSA) is 90.7 Å². The lowest BCUT2D eigenvalue weighted by molar-refractivity contribution is 0.101. The Morgan fingerprint density at radius 3 is 1.88 bits per heavy atom. The Bertz CT molecular complexity index is 973. The number of ketones is 1. The van der Waals surface area contributed by atoms with Crippen LogP contribution in [0.25, 0.3) is 0 Å². The summed E-state index contributed by atoms with van der Waals surface area (Å²) in [6.07, 6.45) is 0. The van der Waals surface area contributed by atoms with E-state index in [4.69, 9.17) is 5.26 Å². The van der Waals surface area contributed by atoms with Crippen molar-refractivity contribution in [3.8, 4) is 6.07 Å². The molecular formula is C20H17N5O. The Morgan fingerprint density at radius 1 is 0.923 bits per heavy atom. The summed E-state index contributed by atoms with van der Waals surface area (Å²) in [6.45, 7) is 3.35. The Morgan fingerprint density at radius 2 is 1.42 bits per heavy atom. The summed E-state index contributed by atoms with van der Waals surface area (Å²) < 4.78 is 0. The average Bonchev–Trinajstić information content (AvgIpc) is 2.62. The number of nitrogens with zero attached hydrogens (tertiary/aromatic N) is 3. The van der Waals surface area contributed by atoms with Crippen LogP contribution in [0, 0.1) is 18.3 Å². The maximum Gasteiger partial charge on any atom is 0.159 e. The zero-order chi connectivity index (χ0) is 18.5. The van der Waals surface area contributed by atoms with E-state index in [0.717, 1.165) is 11.4 Å². The molecule has 0 saturated carbocycles. The molecule has 3 rings (SSSR count). The zero-order valence-corrected chi connectivity index (χ0v) is 14.4. The maximum absolute atomic E-state index is 11.4. The summed E-state index contributed by atoms with van der Waals surface area (Å²) >= 11 is 0. The molecule has 26 heavy (non-hydrogen) atoms. The summed E-state index contributed by atoms with van der Waals surface area (Å²) in [5.41, 5.74) is 2.93. The van der Waals surface area contributed by atoms with Crippen molar-refractivity contribution in [2.75, 3.05) is 10.6 Å². The second-order valence-electron chi connectivity index (χ2n) is 5.76. The first kappa shape index (κ1) is 17.1. The smallest absolute Gasteiger partial charge is 0.159 e. The zero-order valence-electron chi connectivity index (χ0n) is 14.4. The summed E-state index contributed by atoms with van der Waals surface area (Å²) in [5, 5.41) is 15.3. The molecule has 0 fully saturated rings. The van der Waals surface area contributed by atoms with Gasteiger partial charge in [0.1, 0.15) is 17.5 Å². The van der Waals surface area contributed by atoms with Gasteiger partial charge in [0.2, 0.25) is 0 Å². The van der Waals surface area contributed by atoms with Crippen LogP contribution in [0.1, 0.15) is 28.7 Å². The summed E-state index contributed by atoms with van der Waals surface area (Å²) in [5.74, 6) is 1.93. The fourth-order valence-electron chi connectivity index (χ4n) is 2.41. The molecule has 0 aliphatic rings. The van der Waals surface area contributed by atoms with E-state index in [2.05, 4.69) is 26.7 Å². The lowest BCUT2D eigenvalue weighted by atomic mass is 10.1. The van der Waals surface area contributed by atoms with Crippen molar-refractivity contribution in [3.63, 3.8) is 0 Å². The lowest BCUT2D eigenvalue weighted by Gasteiger charge is -2.10. The molecule has 6 heteroatoms. The number of Topliss-reactive ketones (excluding diaryl/α,β-unsaturated/α-hetero) is 1. The third-order valence-corrected chi connectivity index (χ3v) is 3.69. The number of carbonyl (C=O) groups excluding carboxylic acids is 1. The first-order valence-corrected chi connectivity index (χ1v) is 8.04. The highest BCUT2D eigenvalue weighted by atomic mass is 16.1. The number of aromatic nitrogens is 2. The van der Waals surface area contributed by atoms with Gasteiger partial charge in [-0.1, -0.05) is 0 Å². The summed E-state index contributed by atoms with van der Waals surface area (Å²) in [6, 6.07) is 18.2. The third-order valence-electron chi connectivity index (χ3n) is 3.69. The minimum absolute atomic E-state index is 0.0309. The highest BCUT2D eigenvalue weighted by molar-refractivity contribution is 5.94. The van der Waals surface area contributed by atoms with Crippen LogP contribution in [0.5, 0.6) is 0 Å². The van der Waals surface area contributed by atoms with Gasteiger partial charge in [-0.15, -0.1) is 0 Å². The van der Waals surface area contributed by atoms with E-state index < -0.39 is 0 Å². The SMILES string of the molecule is CC(=O)c1ccc(Nc2cc(Nc3ccc(C#N)cc3)nc(C)n2)cc1. The van der Waals surface area contributed by atoms with Crippen LogP contribution in [0.15, 0.2) is 54.6 Å². The van der Waals surface area contributed by atoms with E-state index in [1.54, 1.807) is 30.3 Å². The molecule has 0 aliphatic heterocycles. The number of nitrogens with one attached hydrogen (secondary N) is 2.